The molecule has 0 aromatic carbocycles. The van der Waals surface area contributed by atoms with Crippen LogP contribution >= 0.6 is 0 Å². The van der Waals surface area contributed by atoms with Gasteiger partial charge in [0.05, 0.1) is 6.21 Å². The lowest BCUT2D eigenvalue weighted by molar-refractivity contribution is -0.111. The molecule has 0 spiro atoms. The van der Waals surface area contributed by atoms with Gasteiger partial charge in [-0.2, -0.15) is 18.3 Å². The molecule has 6 heteroatoms. The summed E-state index contributed by atoms with van der Waals surface area (Å²) >= 11 is 0. The fraction of sp³-hybridized carbons (Fsp3) is 0.250. The molecule has 0 atom stereocenters. The van der Waals surface area contributed by atoms with Crippen molar-refractivity contribution >= 4 is 17.7 Å². The van der Waals surface area contributed by atoms with Gasteiger partial charge in [-0.1, -0.05) is 0 Å². The second-order valence-corrected chi connectivity index (χ2v) is 1.56. The highest BCUT2D eigenvalue weighted by Gasteiger charge is 2.41. The first-order chi connectivity index (χ1) is 4.52. The maximum Gasteiger partial charge on any atom is 0.439 e. The molecule has 1 aliphatic heterocycles. The van der Waals surface area contributed by atoms with Crippen LogP contribution in [0.2, 0.25) is 0 Å². The molecule has 0 bridgehead atoms. The van der Waals surface area contributed by atoms with E-state index in [9.17, 15) is 18.0 Å². The predicted octanol–water partition coefficient (Wildman–Crippen LogP) is 0.558. The van der Waals surface area contributed by atoms with Gasteiger partial charge in [0.15, 0.2) is 0 Å². The average molecular weight is 150 g/mol. The van der Waals surface area contributed by atoms with Crippen molar-refractivity contribution in [2.24, 2.45) is 10.2 Å². The molecular formula is C4HF3N2O. The Morgan fingerprint density at radius 3 is 2.20 bits per heavy atom. The van der Waals surface area contributed by atoms with Crippen LogP contribution in [0.25, 0.3) is 0 Å². The third-order valence-corrected chi connectivity index (χ3v) is 0.835. The summed E-state index contributed by atoms with van der Waals surface area (Å²) in [5, 5.41) is 5.41. The van der Waals surface area contributed by atoms with E-state index in [1.807, 2.05) is 0 Å². The summed E-state index contributed by atoms with van der Waals surface area (Å²) in [6, 6.07) is 0. The van der Waals surface area contributed by atoms with Crippen LogP contribution in [-0.2, 0) is 4.79 Å². The molecule has 0 unspecified atom stereocenters. The molecule has 0 amide bonds. The topological polar surface area (TPSA) is 41.8 Å². The zero-order chi connectivity index (χ0) is 7.78. The molecular weight excluding hydrogens is 149 g/mol. The Bertz CT molecular complexity index is 227. The normalized spacial score (nSPS) is 17.9. The van der Waals surface area contributed by atoms with Crippen LogP contribution in [0.3, 0.4) is 0 Å². The summed E-state index contributed by atoms with van der Waals surface area (Å²) in [7, 11) is 0. The monoisotopic (exact) mass is 150 g/mol. The Morgan fingerprint density at radius 2 is 2.00 bits per heavy atom. The van der Waals surface area contributed by atoms with Gasteiger partial charge in [0, 0.05) is 0 Å². The van der Waals surface area contributed by atoms with Gasteiger partial charge in [-0.3, -0.25) is 4.79 Å². The van der Waals surface area contributed by atoms with Crippen molar-refractivity contribution in [2.75, 3.05) is 0 Å². The van der Waals surface area contributed by atoms with Gasteiger partial charge in [0.1, 0.15) is 0 Å². The van der Waals surface area contributed by atoms with Crippen LogP contribution in [0, 0.1) is 0 Å². The Morgan fingerprint density at radius 1 is 1.40 bits per heavy atom. The number of rotatable bonds is 0. The van der Waals surface area contributed by atoms with E-state index in [0.29, 0.717) is 6.21 Å². The molecule has 0 aliphatic carbocycles. The standard InChI is InChI=1S/C4HF3N2O/c5-4(6,7)3-2(10)1-8-9-3/h1H. The summed E-state index contributed by atoms with van der Waals surface area (Å²) in [5.41, 5.74) is -1.45. The highest BCUT2D eigenvalue weighted by atomic mass is 19.4. The first kappa shape index (κ1) is 6.91. The van der Waals surface area contributed by atoms with Gasteiger partial charge >= 0.3 is 6.18 Å². The van der Waals surface area contributed by atoms with Crippen molar-refractivity contribution in [3.63, 3.8) is 0 Å². The van der Waals surface area contributed by atoms with Crippen LogP contribution in [0.15, 0.2) is 10.2 Å². The van der Waals surface area contributed by atoms with E-state index >= 15 is 0 Å². The second-order valence-electron chi connectivity index (χ2n) is 1.56. The molecule has 1 aliphatic rings. The fourth-order valence-electron chi connectivity index (χ4n) is 0.446. The lowest BCUT2D eigenvalue weighted by atomic mass is 10.3. The molecule has 0 saturated carbocycles. The smallest absolute Gasteiger partial charge is 0.286 e. The van der Waals surface area contributed by atoms with Crippen LogP contribution < -0.4 is 0 Å². The van der Waals surface area contributed by atoms with Gasteiger partial charge in [-0.15, -0.1) is 5.10 Å². The highest BCUT2D eigenvalue weighted by molar-refractivity contribution is 6.63. The molecule has 1 heterocycles. The van der Waals surface area contributed by atoms with E-state index < -0.39 is 17.7 Å². The van der Waals surface area contributed by atoms with Gasteiger partial charge in [-0.05, 0) is 0 Å². The molecule has 0 aromatic heterocycles. The molecule has 3 nitrogen and oxygen atoms in total. The maximum atomic E-state index is 11.6. The van der Waals surface area contributed by atoms with Crippen molar-refractivity contribution in [1.82, 2.24) is 0 Å². The highest BCUT2D eigenvalue weighted by Crippen LogP contribution is 2.19. The predicted molar refractivity (Wildman–Crippen MR) is 27.0 cm³/mol. The van der Waals surface area contributed by atoms with E-state index in [1.165, 1.54) is 0 Å². The number of carbonyl (C=O) groups is 1. The van der Waals surface area contributed by atoms with Crippen LogP contribution in [0.1, 0.15) is 0 Å². The first-order valence-corrected chi connectivity index (χ1v) is 2.24. The van der Waals surface area contributed by atoms with Gasteiger partial charge in [0.2, 0.25) is 11.5 Å². The van der Waals surface area contributed by atoms with E-state index in [0.717, 1.165) is 0 Å². The van der Waals surface area contributed by atoms with Crippen molar-refractivity contribution in [3.05, 3.63) is 0 Å². The zero-order valence-electron chi connectivity index (χ0n) is 4.51. The summed E-state index contributed by atoms with van der Waals surface area (Å²) in [6.07, 6.45) is -4.14. The fourth-order valence-corrected chi connectivity index (χ4v) is 0.446. The minimum Gasteiger partial charge on any atom is -0.286 e. The van der Waals surface area contributed by atoms with Crippen molar-refractivity contribution in [2.45, 2.75) is 6.18 Å². The lowest BCUT2D eigenvalue weighted by Crippen LogP contribution is -2.29. The lowest BCUT2D eigenvalue weighted by Gasteiger charge is -2.00. The number of Topliss-reactive ketones (excluding diaryl/α,β-unsaturated/α-hetero) is 1. The number of ketones is 1. The zero-order valence-corrected chi connectivity index (χ0v) is 4.51. The maximum absolute atomic E-state index is 11.6. The molecule has 0 aromatic rings. The Hall–Kier alpha value is -1.20. The van der Waals surface area contributed by atoms with Crippen molar-refractivity contribution in [1.29, 1.82) is 0 Å². The minimum absolute atomic E-state index is 0.531. The van der Waals surface area contributed by atoms with Crippen molar-refractivity contribution in [3.8, 4) is 0 Å². The van der Waals surface area contributed by atoms with E-state index in [-0.39, 0.29) is 0 Å². The number of carbonyl (C=O) groups excluding carboxylic acids is 1. The van der Waals surface area contributed by atoms with Crippen molar-refractivity contribution < 1.29 is 18.0 Å². The molecule has 10 heavy (non-hydrogen) atoms. The molecule has 54 valence electrons. The summed E-state index contributed by atoms with van der Waals surface area (Å²) in [6.45, 7) is 0. The van der Waals surface area contributed by atoms with E-state index in [1.54, 1.807) is 0 Å². The van der Waals surface area contributed by atoms with Crippen LogP contribution in [-0.4, -0.2) is 23.9 Å². The average Bonchev–Trinajstić information content (AvgIpc) is 2.11. The summed E-state index contributed by atoms with van der Waals surface area (Å²) in [5.74, 6) is -1.19. The van der Waals surface area contributed by atoms with Gasteiger partial charge in [-0.25, -0.2) is 0 Å². The number of hydrogen-bond acceptors (Lipinski definition) is 3. The molecule has 0 saturated heterocycles. The van der Waals surface area contributed by atoms with Crippen LogP contribution in [0.5, 0.6) is 0 Å². The minimum atomic E-state index is -4.67. The quantitative estimate of drug-likeness (QED) is 0.497. The Balaban J connectivity index is 2.88. The molecule has 0 radical (unpaired) electrons. The summed E-state index contributed by atoms with van der Waals surface area (Å²) in [4.78, 5) is 10.2. The van der Waals surface area contributed by atoms with Gasteiger partial charge in [0.25, 0.3) is 0 Å². The molecule has 1 rings (SSSR count). The van der Waals surface area contributed by atoms with E-state index in [2.05, 4.69) is 10.2 Å². The van der Waals surface area contributed by atoms with Gasteiger partial charge < -0.3 is 0 Å². The largest absolute Gasteiger partial charge is 0.439 e. The number of halogens is 3. The molecule has 0 fully saturated rings. The SMILES string of the molecule is O=C1C=NN=C1C(F)(F)F. The number of nitrogens with zero attached hydrogens (tertiary/aromatic N) is 2. The second kappa shape index (κ2) is 1.89. The van der Waals surface area contributed by atoms with E-state index in [4.69, 9.17) is 0 Å². The number of alkyl halides is 3. The first-order valence-electron chi connectivity index (χ1n) is 2.24. The Labute approximate surface area is 53.2 Å². The third kappa shape index (κ3) is 1.04. The Kier molecular flexibility index (Phi) is 1.31. The third-order valence-electron chi connectivity index (χ3n) is 0.835. The summed E-state index contributed by atoms with van der Waals surface area (Å²) < 4.78 is 34.7. The molecule has 0 N–H and O–H groups in total. The number of hydrogen-bond donors (Lipinski definition) is 0. The van der Waals surface area contributed by atoms with Crippen LogP contribution in [0.4, 0.5) is 13.2 Å².